The first-order valence-electron chi connectivity index (χ1n) is 9.36. The van der Waals surface area contributed by atoms with E-state index in [2.05, 4.69) is 26.1 Å². The molecule has 0 atom stereocenters. The molecule has 0 unspecified atom stereocenters. The molecule has 3 aromatic heterocycles. The van der Waals surface area contributed by atoms with Gasteiger partial charge in [0.25, 0.3) is 0 Å². The summed E-state index contributed by atoms with van der Waals surface area (Å²) >= 11 is 7.67. The Balaban J connectivity index is 1.35. The van der Waals surface area contributed by atoms with E-state index >= 15 is 0 Å². The van der Waals surface area contributed by atoms with Gasteiger partial charge in [-0.25, -0.2) is 4.39 Å². The van der Waals surface area contributed by atoms with E-state index in [1.807, 2.05) is 18.2 Å². The van der Waals surface area contributed by atoms with E-state index in [1.54, 1.807) is 34.1 Å². The van der Waals surface area contributed by atoms with Crippen LogP contribution in [-0.2, 0) is 6.54 Å². The number of aromatic nitrogens is 4. The van der Waals surface area contributed by atoms with Gasteiger partial charge in [-0.1, -0.05) is 23.7 Å². The van der Waals surface area contributed by atoms with Crippen LogP contribution in [0.4, 0.5) is 10.2 Å². The first-order chi connectivity index (χ1) is 14.2. The maximum Gasteiger partial charge on any atom is 0.188 e. The highest BCUT2D eigenvalue weighted by atomic mass is 35.5. The Bertz CT molecular complexity index is 1150. The van der Waals surface area contributed by atoms with Crippen LogP contribution < -0.4 is 4.90 Å². The average Bonchev–Trinajstić information content (AvgIpc) is 3.34. The maximum absolute atomic E-state index is 14.2. The molecule has 5 rings (SSSR count). The van der Waals surface area contributed by atoms with Crippen LogP contribution in [0.1, 0.15) is 4.88 Å². The molecule has 4 heterocycles. The number of piperazine rings is 1. The zero-order chi connectivity index (χ0) is 19.8. The fourth-order valence-electron chi connectivity index (χ4n) is 3.55. The van der Waals surface area contributed by atoms with Crippen molar-refractivity contribution in [2.45, 2.75) is 6.54 Å². The lowest BCUT2D eigenvalue weighted by molar-refractivity contribution is 0.251. The van der Waals surface area contributed by atoms with Crippen molar-refractivity contribution in [3.8, 4) is 11.4 Å². The highest BCUT2D eigenvalue weighted by molar-refractivity contribution is 7.16. The second-order valence-corrected chi connectivity index (χ2v) is 8.73. The van der Waals surface area contributed by atoms with Gasteiger partial charge in [0.1, 0.15) is 11.6 Å². The predicted octanol–water partition coefficient (Wildman–Crippen LogP) is 3.97. The van der Waals surface area contributed by atoms with Gasteiger partial charge < -0.3 is 4.90 Å². The average molecular weight is 429 g/mol. The molecule has 1 aliphatic heterocycles. The van der Waals surface area contributed by atoms with Gasteiger partial charge in [-0.2, -0.15) is 4.52 Å². The molecule has 1 saturated heterocycles. The largest absolute Gasteiger partial charge is 0.353 e. The molecule has 0 N–H and O–H groups in total. The minimum Gasteiger partial charge on any atom is -0.353 e. The highest BCUT2D eigenvalue weighted by Gasteiger charge is 2.20. The Morgan fingerprint density at radius 3 is 2.55 bits per heavy atom. The third-order valence-electron chi connectivity index (χ3n) is 5.07. The van der Waals surface area contributed by atoms with E-state index in [-0.39, 0.29) is 5.82 Å². The van der Waals surface area contributed by atoms with Gasteiger partial charge in [-0.3, -0.25) is 4.90 Å². The number of fused-ring (bicyclic) bond motifs is 1. The third-order valence-corrected chi connectivity index (χ3v) is 6.28. The van der Waals surface area contributed by atoms with Crippen molar-refractivity contribution in [3.63, 3.8) is 0 Å². The van der Waals surface area contributed by atoms with Crippen LogP contribution in [0, 0.1) is 5.82 Å². The molecule has 148 valence electrons. The van der Waals surface area contributed by atoms with E-state index in [0.717, 1.165) is 42.9 Å². The molecule has 9 heteroatoms. The molecule has 4 aromatic rings. The van der Waals surface area contributed by atoms with Gasteiger partial charge in [0.15, 0.2) is 11.5 Å². The summed E-state index contributed by atoms with van der Waals surface area (Å²) in [5, 5.41) is 13.0. The highest BCUT2D eigenvalue weighted by Crippen LogP contribution is 2.25. The Hall–Kier alpha value is -2.55. The summed E-state index contributed by atoms with van der Waals surface area (Å²) in [6.45, 7) is 4.54. The summed E-state index contributed by atoms with van der Waals surface area (Å²) in [7, 11) is 0. The SMILES string of the molecule is Fc1ccccc1-c1nnc2ccc(N3CCN(Cc4ccc(Cl)s4)CC3)nn12. The Morgan fingerprint density at radius 1 is 0.966 bits per heavy atom. The predicted molar refractivity (Wildman–Crippen MR) is 113 cm³/mol. The van der Waals surface area contributed by atoms with Crippen LogP contribution in [0.15, 0.2) is 48.5 Å². The number of halogens is 2. The molecule has 0 amide bonds. The second kappa shape index (κ2) is 7.70. The molecule has 1 fully saturated rings. The van der Waals surface area contributed by atoms with Gasteiger partial charge in [0.2, 0.25) is 0 Å². The molecule has 1 aliphatic rings. The molecule has 0 bridgehead atoms. The summed E-state index contributed by atoms with van der Waals surface area (Å²) in [4.78, 5) is 5.94. The Labute approximate surface area is 176 Å². The van der Waals surface area contributed by atoms with Crippen LogP contribution in [0.2, 0.25) is 4.34 Å². The van der Waals surface area contributed by atoms with Crippen LogP contribution >= 0.6 is 22.9 Å². The van der Waals surface area contributed by atoms with E-state index in [9.17, 15) is 4.39 Å². The number of benzene rings is 1. The molecular formula is C20H18ClFN6S. The maximum atomic E-state index is 14.2. The quantitative estimate of drug-likeness (QED) is 0.492. The number of rotatable bonds is 4. The minimum absolute atomic E-state index is 0.337. The van der Waals surface area contributed by atoms with Crippen molar-refractivity contribution in [3.05, 3.63) is 63.6 Å². The van der Waals surface area contributed by atoms with Crippen molar-refractivity contribution in [1.82, 2.24) is 24.7 Å². The first-order valence-corrected chi connectivity index (χ1v) is 10.6. The van der Waals surface area contributed by atoms with Crippen LogP contribution in [0.25, 0.3) is 17.0 Å². The fourth-order valence-corrected chi connectivity index (χ4v) is 4.68. The lowest BCUT2D eigenvalue weighted by Gasteiger charge is -2.35. The second-order valence-electron chi connectivity index (χ2n) is 6.93. The summed E-state index contributed by atoms with van der Waals surface area (Å²) in [5.41, 5.74) is 0.990. The van der Waals surface area contributed by atoms with Gasteiger partial charge in [0, 0.05) is 37.6 Å². The Kier molecular flexibility index (Phi) is 4.91. The molecular weight excluding hydrogens is 411 g/mol. The molecule has 29 heavy (non-hydrogen) atoms. The fraction of sp³-hybridized carbons (Fsp3) is 0.250. The molecule has 6 nitrogen and oxygen atoms in total. The van der Waals surface area contributed by atoms with Gasteiger partial charge in [-0.15, -0.1) is 26.6 Å². The van der Waals surface area contributed by atoms with E-state index in [4.69, 9.17) is 16.7 Å². The molecule has 0 aliphatic carbocycles. The monoisotopic (exact) mass is 428 g/mol. The minimum atomic E-state index is -0.337. The number of anilines is 1. The number of thiophene rings is 1. The summed E-state index contributed by atoms with van der Waals surface area (Å²) < 4.78 is 16.7. The van der Waals surface area contributed by atoms with Crippen molar-refractivity contribution in [2.24, 2.45) is 0 Å². The third kappa shape index (κ3) is 3.71. The van der Waals surface area contributed by atoms with Crippen molar-refractivity contribution >= 4 is 34.4 Å². The van der Waals surface area contributed by atoms with Crippen LogP contribution in [-0.4, -0.2) is 50.9 Å². The normalized spacial score (nSPS) is 15.3. The van der Waals surface area contributed by atoms with Crippen molar-refractivity contribution in [2.75, 3.05) is 31.1 Å². The zero-order valence-electron chi connectivity index (χ0n) is 15.5. The van der Waals surface area contributed by atoms with Crippen molar-refractivity contribution in [1.29, 1.82) is 0 Å². The Morgan fingerprint density at radius 2 is 1.79 bits per heavy atom. The van der Waals surface area contributed by atoms with E-state index in [1.165, 1.54) is 10.9 Å². The lowest BCUT2D eigenvalue weighted by atomic mass is 10.2. The number of nitrogens with zero attached hydrogens (tertiary/aromatic N) is 6. The lowest BCUT2D eigenvalue weighted by Crippen LogP contribution is -2.46. The van der Waals surface area contributed by atoms with E-state index < -0.39 is 0 Å². The molecule has 1 aromatic carbocycles. The van der Waals surface area contributed by atoms with Crippen molar-refractivity contribution < 1.29 is 4.39 Å². The summed E-state index contributed by atoms with van der Waals surface area (Å²) in [6, 6.07) is 14.4. The zero-order valence-corrected chi connectivity index (χ0v) is 17.1. The van der Waals surface area contributed by atoms with Gasteiger partial charge in [-0.05, 0) is 36.4 Å². The smallest absolute Gasteiger partial charge is 0.188 e. The molecule has 0 spiro atoms. The summed E-state index contributed by atoms with van der Waals surface area (Å²) in [6.07, 6.45) is 0. The van der Waals surface area contributed by atoms with Gasteiger partial charge >= 0.3 is 0 Å². The van der Waals surface area contributed by atoms with Gasteiger partial charge in [0.05, 0.1) is 9.90 Å². The van der Waals surface area contributed by atoms with Crippen LogP contribution in [0.5, 0.6) is 0 Å². The van der Waals surface area contributed by atoms with Crippen LogP contribution in [0.3, 0.4) is 0 Å². The first kappa shape index (κ1) is 18.5. The molecule has 0 radical (unpaired) electrons. The molecule has 0 saturated carbocycles. The standard InChI is InChI=1S/C20H18ClFN6S/c21-17-6-5-14(29-17)13-26-9-11-27(12-10-26)19-8-7-18-23-24-20(28(18)25-19)15-3-1-2-4-16(15)22/h1-8H,9-13H2. The topological polar surface area (TPSA) is 49.6 Å². The number of hydrogen-bond acceptors (Lipinski definition) is 6. The van der Waals surface area contributed by atoms with E-state index in [0.29, 0.717) is 17.0 Å². The summed E-state index contributed by atoms with van der Waals surface area (Å²) in [5.74, 6) is 0.915. The number of hydrogen-bond donors (Lipinski definition) is 0.